The van der Waals surface area contributed by atoms with Gasteiger partial charge in [-0.25, -0.2) is 0 Å². The Balaban J connectivity index is 2.23. The molecule has 3 heteroatoms. The summed E-state index contributed by atoms with van der Waals surface area (Å²) in [6.07, 6.45) is 1.78. The third kappa shape index (κ3) is 3.09. The fourth-order valence-corrected chi connectivity index (χ4v) is 2.49. The Labute approximate surface area is 115 Å². The third-order valence-corrected chi connectivity index (χ3v) is 3.99. The first-order valence-electron chi connectivity index (χ1n) is 7.10. The molecule has 104 valence electrons. The van der Waals surface area contributed by atoms with Gasteiger partial charge >= 0.3 is 0 Å². The molecule has 0 radical (unpaired) electrons. The van der Waals surface area contributed by atoms with Crippen molar-refractivity contribution in [1.29, 1.82) is 0 Å². The van der Waals surface area contributed by atoms with Crippen LogP contribution in [-0.4, -0.2) is 17.5 Å². The molecular formula is C16H24N2O. The molecule has 3 nitrogen and oxygen atoms in total. The van der Waals surface area contributed by atoms with Gasteiger partial charge in [-0.2, -0.15) is 0 Å². The van der Waals surface area contributed by atoms with Crippen LogP contribution in [0.25, 0.3) is 0 Å². The summed E-state index contributed by atoms with van der Waals surface area (Å²) < 4.78 is 0. The fourth-order valence-electron chi connectivity index (χ4n) is 2.49. The Morgan fingerprint density at radius 2 is 2.11 bits per heavy atom. The largest absolute Gasteiger partial charge is 0.382 e. The molecule has 0 saturated heterocycles. The van der Waals surface area contributed by atoms with E-state index in [0.717, 1.165) is 24.1 Å². The zero-order valence-corrected chi connectivity index (χ0v) is 12.3. The lowest BCUT2D eigenvalue weighted by Gasteiger charge is -2.33. The second-order valence-corrected chi connectivity index (χ2v) is 6.15. The molecule has 2 rings (SSSR count). The highest BCUT2D eigenvalue weighted by atomic mass is 16.2. The Kier molecular flexibility index (Phi) is 3.83. The minimum Gasteiger partial charge on any atom is -0.382 e. The molecule has 2 atom stereocenters. The molecular weight excluding hydrogens is 236 g/mol. The van der Waals surface area contributed by atoms with Crippen LogP contribution in [0.5, 0.6) is 0 Å². The summed E-state index contributed by atoms with van der Waals surface area (Å²) >= 11 is 0. The molecule has 0 aromatic heterocycles. The number of rotatable bonds is 3. The minimum atomic E-state index is -0.139. The molecule has 1 aromatic rings. The first-order chi connectivity index (χ1) is 8.93. The van der Waals surface area contributed by atoms with Crippen LogP contribution in [0, 0.1) is 0 Å². The van der Waals surface area contributed by atoms with Crippen LogP contribution in [0.2, 0.25) is 0 Å². The van der Waals surface area contributed by atoms with Crippen molar-refractivity contribution in [3.05, 3.63) is 29.8 Å². The maximum absolute atomic E-state index is 12.5. The fraction of sp³-hybridized carbons (Fsp3) is 0.562. The number of carbonyl (C=O) groups excluding carboxylic acids is 1. The monoisotopic (exact) mass is 260 g/mol. The molecule has 0 bridgehead atoms. The van der Waals surface area contributed by atoms with Gasteiger partial charge in [0.25, 0.3) is 0 Å². The van der Waals surface area contributed by atoms with Crippen LogP contribution < -0.4 is 10.6 Å². The van der Waals surface area contributed by atoms with Gasteiger partial charge in [-0.05, 0) is 45.2 Å². The van der Waals surface area contributed by atoms with Crippen molar-refractivity contribution in [2.75, 3.05) is 5.32 Å². The van der Waals surface area contributed by atoms with Crippen LogP contribution >= 0.6 is 0 Å². The normalized spacial score (nSPS) is 22.3. The average molecular weight is 260 g/mol. The lowest BCUT2D eigenvalue weighted by Crippen LogP contribution is -2.46. The molecule has 2 unspecified atom stereocenters. The SMILES string of the molecule is CCC(C)(C)NC(=O)C1CC(C)Nc2ccccc21. The zero-order chi connectivity index (χ0) is 14.0. The van der Waals surface area contributed by atoms with Gasteiger partial charge in [-0.1, -0.05) is 25.1 Å². The second-order valence-electron chi connectivity index (χ2n) is 6.15. The number of hydrogen-bond acceptors (Lipinski definition) is 2. The predicted octanol–water partition coefficient (Wildman–Crippen LogP) is 3.28. The summed E-state index contributed by atoms with van der Waals surface area (Å²) in [5.74, 6) is 0.103. The Morgan fingerprint density at radius 1 is 1.42 bits per heavy atom. The number of carbonyl (C=O) groups is 1. The molecule has 1 aromatic carbocycles. The van der Waals surface area contributed by atoms with E-state index >= 15 is 0 Å². The zero-order valence-electron chi connectivity index (χ0n) is 12.3. The van der Waals surface area contributed by atoms with Gasteiger partial charge in [-0.3, -0.25) is 4.79 Å². The van der Waals surface area contributed by atoms with Crippen LogP contribution in [0.3, 0.4) is 0 Å². The van der Waals surface area contributed by atoms with Crippen LogP contribution in [0.1, 0.15) is 52.0 Å². The maximum atomic E-state index is 12.5. The molecule has 1 aliphatic rings. The highest BCUT2D eigenvalue weighted by molar-refractivity contribution is 5.87. The predicted molar refractivity (Wildman–Crippen MR) is 79.4 cm³/mol. The Morgan fingerprint density at radius 3 is 2.79 bits per heavy atom. The molecule has 0 spiro atoms. The molecule has 0 aliphatic carbocycles. The van der Waals surface area contributed by atoms with Gasteiger partial charge in [0.2, 0.25) is 5.91 Å². The van der Waals surface area contributed by atoms with E-state index in [1.165, 1.54) is 0 Å². The number of nitrogens with one attached hydrogen (secondary N) is 2. The van der Waals surface area contributed by atoms with Gasteiger partial charge < -0.3 is 10.6 Å². The summed E-state index contributed by atoms with van der Waals surface area (Å²) in [4.78, 5) is 12.5. The van der Waals surface area contributed by atoms with Crippen LogP contribution in [0.15, 0.2) is 24.3 Å². The molecule has 1 amide bonds. The van der Waals surface area contributed by atoms with E-state index in [4.69, 9.17) is 0 Å². The highest BCUT2D eigenvalue weighted by Gasteiger charge is 2.31. The van der Waals surface area contributed by atoms with Crippen molar-refractivity contribution in [2.24, 2.45) is 0 Å². The number of para-hydroxylation sites is 1. The van der Waals surface area contributed by atoms with E-state index in [-0.39, 0.29) is 17.4 Å². The summed E-state index contributed by atoms with van der Waals surface area (Å²) in [5, 5.41) is 6.61. The maximum Gasteiger partial charge on any atom is 0.228 e. The number of benzene rings is 1. The van der Waals surface area contributed by atoms with Crippen molar-refractivity contribution in [1.82, 2.24) is 5.32 Å². The average Bonchev–Trinajstić information content (AvgIpc) is 2.37. The topological polar surface area (TPSA) is 41.1 Å². The molecule has 0 saturated carbocycles. The van der Waals surface area contributed by atoms with Crippen LogP contribution in [-0.2, 0) is 4.79 Å². The smallest absolute Gasteiger partial charge is 0.228 e. The van der Waals surface area contributed by atoms with Gasteiger partial charge in [0.05, 0.1) is 5.92 Å². The first kappa shape index (κ1) is 13.9. The number of amides is 1. The summed E-state index contributed by atoms with van der Waals surface area (Å²) in [7, 11) is 0. The highest BCUT2D eigenvalue weighted by Crippen LogP contribution is 2.34. The second kappa shape index (κ2) is 5.24. The van der Waals surface area contributed by atoms with E-state index in [2.05, 4.69) is 50.5 Å². The quantitative estimate of drug-likeness (QED) is 0.875. The standard InChI is InChI=1S/C16H24N2O/c1-5-16(3,4)18-15(19)13-10-11(2)17-14-9-7-6-8-12(13)14/h6-9,11,13,17H,5,10H2,1-4H3,(H,18,19). The molecule has 2 N–H and O–H groups in total. The minimum absolute atomic E-state index is 0.0433. The summed E-state index contributed by atoms with van der Waals surface area (Å²) in [6, 6.07) is 8.44. The molecule has 0 fully saturated rings. The van der Waals surface area contributed by atoms with E-state index in [0.29, 0.717) is 6.04 Å². The van der Waals surface area contributed by atoms with E-state index in [1.54, 1.807) is 0 Å². The molecule has 19 heavy (non-hydrogen) atoms. The molecule has 1 heterocycles. The van der Waals surface area contributed by atoms with Gasteiger partial charge in [-0.15, -0.1) is 0 Å². The number of fused-ring (bicyclic) bond motifs is 1. The number of hydrogen-bond donors (Lipinski definition) is 2. The first-order valence-corrected chi connectivity index (χ1v) is 7.10. The Hall–Kier alpha value is -1.51. The van der Waals surface area contributed by atoms with Crippen molar-refractivity contribution in [3.8, 4) is 0 Å². The van der Waals surface area contributed by atoms with E-state index < -0.39 is 0 Å². The third-order valence-electron chi connectivity index (χ3n) is 3.99. The number of anilines is 1. The van der Waals surface area contributed by atoms with E-state index in [9.17, 15) is 4.79 Å². The van der Waals surface area contributed by atoms with Crippen molar-refractivity contribution >= 4 is 11.6 Å². The van der Waals surface area contributed by atoms with Crippen molar-refractivity contribution in [3.63, 3.8) is 0 Å². The van der Waals surface area contributed by atoms with Crippen molar-refractivity contribution in [2.45, 2.75) is 58.0 Å². The van der Waals surface area contributed by atoms with E-state index in [1.807, 2.05) is 12.1 Å². The van der Waals surface area contributed by atoms with Gasteiger partial charge in [0.15, 0.2) is 0 Å². The lowest BCUT2D eigenvalue weighted by atomic mass is 9.86. The van der Waals surface area contributed by atoms with Gasteiger partial charge in [0.1, 0.15) is 0 Å². The van der Waals surface area contributed by atoms with Crippen LogP contribution in [0.4, 0.5) is 5.69 Å². The molecule has 1 aliphatic heterocycles. The lowest BCUT2D eigenvalue weighted by molar-refractivity contribution is -0.124. The van der Waals surface area contributed by atoms with Crippen molar-refractivity contribution < 1.29 is 4.79 Å². The summed E-state index contributed by atoms with van der Waals surface area (Å²) in [5.41, 5.74) is 2.07. The summed E-state index contributed by atoms with van der Waals surface area (Å²) in [6.45, 7) is 8.36. The van der Waals surface area contributed by atoms with Gasteiger partial charge in [0, 0.05) is 17.3 Å². The Bertz CT molecular complexity index is 468.